The lowest BCUT2D eigenvalue weighted by Gasteiger charge is -2.29. The van der Waals surface area contributed by atoms with E-state index in [1.807, 2.05) is 42.1 Å². The molecule has 24 heavy (non-hydrogen) atoms. The number of amides is 1. The highest BCUT2D eigenvalue weighted by Crippen LogP contribution is 2.21. The number of benzene rings is 1. The van der Waals surface area contributed by atoms with Gasteiger partial charge >= 0.3 is 0 Å². The highest BCUT2D eigenvalue weighted by Gasteiger charge is 2.25. The maximum Gasteiger partial charge on any atom is 0.249 e. The molecule has 6 heteroatoms. The highest BCUT2D eigenvalue weighted by molar-refractivity contribution is 8.14. The standard InChI is InChI=1S/C18H24N4OS/c1-13-21-15(12-24-13)10-22-8-7-16(17(19)11-22)18(23)20-9-14-5-3-2-4-6-14/h2-6,15H,7-12,19H2,1H3,(H,20,23). The molecule has 0 radical (unpaired) electrons. The summed E-state index contributed by atoms with van der Waals surface area (Å²) in [5, 5.41) is 4.14. The number of hydrogen-bond acceptors (Lipinski definition) is 5. The third-order valence-electron chi connectivity index (χ3n) is 4.35. The van der Waals surface area contributed by atoms with Gasteiger partial charge in [-0.2, -0.15) is 0 Å². The van der Waals surface area contributed by atoms with Crippen molar-refractivity contribution in [2.45, 2.75) is 25.9 Å². The molecule has 0 bridgehead atoms. The molecule has 3 N–H and O–H groups in total. The Morgan fingerprint density at radius 3 is 2.88 bits per heavy atom. The third-order valence-corrected chi connectivity index (χ3v) is 5.42. The number of carbonyl (C=O) groups is 1. The molecule has 1 atom stereocenters. The monoisotopic (exact) mass is 344 g/mol. The average Bonchev–Trinajstić information content (AvgIpc) is 2.98. The summed E-state index contributed by atoms with van der Waals surface area (Å²) in [5.41, 5.74) is 8.70. The van der Waals surface area contributed by atoms with Crippen LogP contribution in [0.3, 0.4) is 0 Å². The van der Waals surface area contributed by atoms with Crippen LogP contribution in [0.5, 0.6) is 0 Å². The Bertz CT molecular complexity index is 656. The van der Waals surface area contributed by atoms with Crippen molar-refractivity contribution in [1.29, 1.82) is 0 Å². The molecule has 0 aliphatic carbocycles. The van der Waals surface area contributed by atoms with Crippen LogP contribution in [0, 0.1) is 0 Å². The predicted molar refractivity (Wildman–Crippen MR) is 99.9 cm³/mol. The van der Waals surface area contributed by atoms with E-state index in [1.165, 1.54) is 5.04 Å². The van der Waals surface area contributed by atoms with Crippen LogP contribution in [0.2, 0.25) is 0 Å². The van der Waals surface area contributed by atoms with Crippen LogP contribution in [-0.2, 0) is 11.3 Å². The first-order valence-corrected chi connectivity index (χ1v) is 9.29. The van der Waals surface area contributed by atoms with Crippen LogP contribution >= 0.6 is 11.8 Å². The van der Waals surface area contributed by atoms with Gasteiger partial charge < -0.3 is 11.1 Å². The SMILES string of the molecule is CC1=NC(CN2CCC(C(=O)NCc3ccccc3)=C(N)C2)CS1. The minimum Gasteiger partial charge on any atom is -0.401 e. The smallest absolute Gasteiger partial charge is 0.249 e. The van der Waals surface area contributed by atoms with Crippen LogP contribution in [0.25, 0.3) is 0 Å². The van der Waals surface area contributed by atoms with Crippen molar-refractivity contribution in [3.63, 3.8) is 0 Å². The van der Waals surface area contributed by atoms with Crippen molar-refractivity contribution in [1.82, 2.24) is 10.2 Å². The van der Waals surface area contributed by atoms with Crippen LogP contribution in [0.15, 0.2) is 46.6 Å². The molecule has 0 saturated heterocycles. The number of nitrogens with one attached hydrogen (secondary N) is 1. The highest BCUT2D eigenvalue weighted by atomic mass is 32.2. The number of rotatable bonds is 5. The lowest BCUT2D eigenvalue weighted by atomic mass is 10.0. The van der Waals surface area contributed by atoms with Crippen molar-refractivity contribution >= 4 is 22.7 Å². The van der Waals surface area contributed by atoms with E-state index in [-0.39, 0.29) is 5.91 Å². The first-order chi connectivity index (χ1) is 11.6. The van der Waals surface area contributed by atoms with Gasteiger partial charge in [0.15, 0.2) is 0 Å². The Morgan fingerprint density at radius 2 is 2.21 bits per heavy atom. The van der Waals surface area contributed by atoms with E-state index in [4.69, 9.17) is 5.73 Å². The molecule has 0 saturated carbocycles. The van der Waals surface area contributed by atoms with Crippen molar-refractivity contribution in [2.24, 2.45) is 10.7 Å². The number of nitrogens with zero attached hydrogens (tertiary/aromatic N) is 2. The lowest BCUT2D eigenvalue weighted by molar-refractivity contribution is -0.118. The number of carbonyl (C=O) groups excluding carboxylic acids is 1. The number of thioether (sulfide) groups is 1. The zero-order chi connectivity index (χ0) is 16.9. The molecule has 1 unspecified atom stereocenters. The maximum atomic E-state index is 12.4. The van der Waals surface area contributed by atoms with E-state index in [9.17, 15) is 4.79 Å². The van der Waals surface area contributed by atoms with Crippen LogP contribution in [0.1, 0.15) is 18.9 Å². The second-order valence-corrected chi connectivity index (χ2v) is 7.48. The molecule has 5 nitrogen and oxygen atoms in total. The van der Waals surface area contributed by atoms with Gasteiger partial charge in [-0.3, -0.25) is 14.7 Å². The van der Waals surface area contributed by atoms with Crippen LogP contribution in [-0.4, -0.2) is 47.3 Å². The molecule has 1 amide bonds. The fraction of sp³-hybridized carbons (Fsp3) is 0.444. The van der Waals surface area contributed by atoms with Gasteiger partial charge in [0, 0.05) is 43.2 Å². The number of nitrogens with two attached hydrogens (primary N) is 1. The Hall–Kier alpha value is -1.79. The van der Waals surface area contributed by atoms with Gasteiger partial charge in [0.05, 0.1) is 11.1 Å². The van der Waals surface area contributed by atoms with Crippen LogP contribution < -0.4 is 11.1 Å². The minimum absolute atomic E-state index is 0.0405. The van der Waals surface area contributed by atoms with Gasteiger partial charge in [0.2, 0.25) is 5.91 Å². The first-order valence-electron chi connectivity index (χ1n) is 8.31. The Morgan fingerprint density at radius 1 is 1.42 bits per heavy atom. The molecule has 2 aliphatic rings. The molecular weight excluding hydrogens is 320 g/mol. The fourth-order valence-corrected chi connectivity index (χ4v) is 3.92. The average molecular weight is 344 g/mol. The Labute approximate surface area is 147 Å². The van der Waals surface area contributed by atoms with E-state index in [0.29, 0.717) is 31.2 Å². The van der Waals surface area contributed by atoms with E-state index >= 15 is 0 Å². The van der Waals surface area contributed by atoms with E-state index < -0.39 is 0 Å². The summed E-state index contributed by atoms with van der Waals surface area (Å²) < 4.78 is 0. The zero-order valence-electron chi connectivity index (χ0n) is 14.0. The summed E-state index contributed by atoms with van der Waals surface area (Å²) in [6, 6.07) is 10.3. The van der Waals surface area contributed by atoms with Crippen molar-refractivity contribution in [3.05, 3.63) is 47.2 Å². The zero-order valence-corrected chi connectivity index (χ0v) is 14.8. The molecule has 0 fully saturated rings. The molecule has 128 valence electrons. The van der Waals surface area contributed by atoms with Gasteiger partial charge in [-0.15, -0.1) is 11.8 Å². The second-order valence-electron chi connectivity index (χ2n) is 6.27. The molecule has 1 aromatic carbocycles. The van der Waals surface area contributed by atoms with Gasteiger partial charge in [0.1, 0.15) is 0 Å². The fourth-order valence-electron chi connectivity index (χ4n) is 3.09. The topological polar surface area (TPSA) is 70.7 Å². The summed E-state index contributed by atoms with van der Waals surface area (Å²) in [7, 11) is 0. The van der Waals surface area contributed by atoms with E-state index in [0.717, 1.165) is 30.0 Å². The van der Waals surface area contributed by atoms with Crippen LogP contribution in [0.4, 0.5) is 0 Å². The number of hydrogen-bond donors (Lipinski definition) is 2. The molecule has 2 aliphatic heterocycles. The van der Waals surface area contributed by atoms with Gasteiger partial charge in [-0.1, -0.05) is 30.3 Å². The first kappa shape index (κ1) is 17.0. The van der Waals surface area contributed by atoms with Crippen molar-refractivity contribution < 1.29 is 4.79 Å². The predicted octanol–water partition coefficient (Wildman–Crippen LogP) is 1.76. The molecule has 3 rings (SSSR count). The summed E-state index contributed by atoms with van der Waals surface area (Å²) in [5.74, 6) is 1.01. The van der Waals surface area contributed by atoms with E-state index in [2.05, 4.69) is 22.1 Å². The molecular formula is C18H24N4OS. The van der Waals surface area contributed by atoms with Gasteiger partial charge in [0.25, 0.3) is 0 Å². The van der Waals surface area contributed by atoms with E-state index in [1.54, 1.807) is 0 Å². The summed E-state index contributed by atoms with van der Waals surface area (Å²) >= 11 is 1.82. The van der Waals surface area contributed by atoms with Gasteiger partial charge in [-0.25, -0.2) is 0 Å². The third kappa shape index (κ3) is 4.39. The second kappa shape index (κ2) is 7.85. The molecule has 2 heterocycles. The quantitative estimate of drug-likeness (QED) is 0.854. The Kier molecular flexibility index (Phi) is 5.58. The van der Waals surface area contributed by atoms with Crippen molar-refractivity contribution in [2.75, 3.05) is 25.4 Å². The summed E-state index contributed by atoms with van der Waals surface area (Å²) in [6.07, 6.45) is 0.703. The van der Waals surface area contributed by atoms with Gasteiger partial charge in [-0.05, 0) is 18.9 Å². The largest absolute Gasteiger partial charge is 0.401 e. The summed E-state index contributed by atoms with van der Waals surface area (Å²) in [6.45, 7) is 5.04. The molecule has 0 spiro atoms. The Balaban J connectivity index is 1.52. The minimum atomic E-state index is -0.0405. The molecule has 0 aromatic heterocycles. The normalized spacial score (nSPS) is 21.7. The lowest BCUT2D eigenvalue weighted by Crippen LogP contribution is -2.41. The van der Waals surface area contributed by atoms with Crippen molar-refractivity contribution in [3.8, 4) is 0 Å². The number of aliphatic imine (C=N–C) groups is 1. The maximum absolute atomic E-state index is 12.4. The summed E-state index contributed by atoms with van der Waals surface area (Å²) in [4.78, 5) is 19.3. The molecule has 1 aromatic rings.